The number of unbranched alkanes of at least 4 members (excludes halogenated alkanes) is 1. The molecule has 0 atom stereocenters. The number of nitrogens with zero attached hydrogens (tertiary/aromatic N) is 3. The van der Waals surface area contributed by atoms with Crippen molar-refractivity contribution in [2.45, 2.75) is 51.2 Å². The summed E-state index contributed by atoms with van der Waals surface area (Å²) in [6.07, 6.45) is 5.71. The second-order valence-electron chi connectivity index (χ2n) is 9.99. The monoisotopic (exact) mass is 508 g/mol. The Labute approximate surface area is 213 Å². The first kappa shape index (κ1) is 23.7. The summed E-state index contributed by atoms with van der Waals surface area (Å²) in [5.74, 6) is -0.0935. The van der Waals surface area contributed by atoms with Crippen LogP contribution in [0.3, 0.4) is 0 Å². The van der Waals surface area contributed by atoms with Crippen molar-refractivity contribution in [3.63, 3.8) is 0 Å². The molecule has 8 heteroatoms. The highest BCUT2D eigenvalue weighted by Gasteiger charge is 2.19. The van der Waals surface area contributed by atoms with E-state index in [9.17, 15) is 13.6 Å². The maximum atomic E-state index is 14.9. The highest BCUT2D eigenvalue weighted by Crippen LogP contribution is 2.33. The molecule has 1 fully saturated rings. The number of piperidine rings is 1. The van der Waals surface area contributed by atoms with Gasteiger partial charge in [-0.1, -0.05) is 11.3 Å². The van der Waals surface area contributed by atoms with Gasteiger partial charge in [-0.3, -0.25) is 9.20 Å². The molecule has 2 aliphatic rings. The maximum Gasteiger partial charge on any atom is 0.195 e. The lowest BCUT2D eigenvalue weighted by molar-refractivity contribution is 0.0976. The van der Waals surface area contributed by atoms with Crippen LogP contribution in [0.4, 0.5) is 8.78 Å². The molecule has 1 N–H and O–H groups in total. The topological polar surface area (TPSA) is 49.6 Å². The number of halogens is 2. The third-order valence-corrected chi connectivity index (χ3v) is 8.53. The number of hydrogen-bond acceptors (Lipinski definition) is 5. The molecule has 2 aromatic heterocycles. The van der Waals surface area contributed by atoms with E-state index in [0.29, 0.717) is 37.1 Å². The first-order valence-corrected chi connectivity index (χ1v) is 13.7. The molecule has 36 heavy (non-hydrogen) atoms. The smallest absolute Gasteiger partial charge is 0.195 e. The standard InChI is InChI=1S/C28H30F2N4OS/c29-21-7-11-33(12-8-21)10-2-1-3-26(35)19-4-5-25-27(15-19)36-28-32-24(17-34(25)28)22-13-18-6-9-31-16-20(18)14-23(22)30/h4-5,13-15,17,21,31H,1-3,6-12,16H2. The Morgan fingerprint density at radius 2 is 2.00 bits per heavy atom. The van der Waals surface area contributed by atoms with Gasteiger partial charge in [-0.25, -0.2) is 13.8 Å². The maximum absolute atomic E-state index is 14.9. The van der Waals surface area contributed by atoms with E-state index in [4.69, 9.17) is 4.98 Å². The van der Waals surface area contributed by atoms with Crippen LogP contribution in [0.2, 0.25) is 0 Å². The van der Waals surface area contributed by atoms with Crippen molar-refractivity contribution >= 4 is 32.3 Å². The normalized spacial score (nSPS) is 17.2. The fourth-order valence-corrected chi connectivity index (χ4v) is 6.44. The van der Waals surface area contributed by atoms with Crippen LogP contribution >= 0.6 is 11.3 Å². The molecule has 2 aromatic carbocycles. The van der Waals surface area contributed by atoms with Crippen LogP contribution in [0.15, 0.2) is 36.5 Å². The Morgan fingerprint density at radius 1 is 1.14 bits per heavy atom. The number of imidazole rings is 1. The van der Waals surface area contributed by atoms with E-state index in [2.05, 4.69) is 10.2 Å². The van der Waals surface area contributed by atoms with E-state index < -0.39 is 6.17 Å². The van der Waals surface area contributed by atoms with Gasteiger partial charge in [-0.05, 0) is 86.7 Å². The number of alkyl halides is 1. The number of benzene rings is 2. The number of carbonyl (C=O) groups is 1. The molecule has 5 nitrogen and oxygen atoms in total. The third-order valence-electron chi connectivity index (χ3n) is 7.51. The van der Waals surface area contributed by atoms with E-state index >= 15 is 0 Å². The minimum atomic E-state index is -0.646. The molecule has 0 unspecified atom stereocenters. The second-order valence-corrected chi connectivity index (χ2v) is 11.0. The Hall–Kier alpha value is -2.68. The number of fused-ring (bicyclic) bond motifs is 4. The summed E-state index contributed by atoms with van der Waals surface area (Å²) < 4.78 is 31.1. The summed E-state index contributed by atoms with van der Waals surface area (Å²) in [4.78, 5) is 20.6. The average Bonchev–Trinajstić information content (AvgIpc) is 3.44. The van der Waals surface area contributed by atoms with Crippen molar-refractivity contribution in [1.82, 2.24) is 19.6 Å². The molecule has 188 valence electrons. The molecule has 6 rings (SSSR count). The van der Waals surface area contributed by atoms with Crippen LogP contribution in [0.1, 0.15) is 53.6 Å². The number of carbonyl (C=O) groups excluding carboxylic acids is 1. The van der Waals surface area contributed by atoms with E-state index in [1.165, 1.54) is 16.9 Å². The van der Waals surface area contributed by atoms with Crippen molar-refractivity contribution in [3.05, 3.63) is 59.0 Å². The van der Waals surface area contributed by atoms with Gasteiger partial charge in [0.05, 0.1) is 15.9 Å². The quantitative estimate of drug-likeness (QED) is 0.254. The minimum absolute atomic E-state index is 0.150. The van der Waals surface area contributed by atoms with Gasteiger partial charge in [-0.2, -0.15) is 0 Å². The summed E-state index contributed by atoms with van der Waals surface area (Å²) in [6.45, 7) is 4.19. The summed E-state index contributed by atoms with van der Waals surface area (Å²) in [7, 11) is 0. The molecule has 0 bridgehead atoms. The molecule has 0 aliphatic carbocycles. The third kappa shape index (κ3) is 4.69. The number of Topliss-reactive ketones (excluding diaryl/α,β-unsaturated/α-hetero) is 1. The predicted molar refractivity (Wildman–Crippen MR) is 140 cm³/mol. The molecular formula is C28H30F2N4OS. The lowest BCUT2D eigenvalue weighted by atomic mass is 9.97. The number of rotatable bonds is 7. The zero-order chi connectivity index (χ0) is 24.6. The molecule has 4 heterocycles. The van der Waals surface area contributed by atoms with E-state index in [-0.39, 0.29) is 11.6 Å². The summed E-state index contributed by atoms with van der Waals surface area (Å²) in [5.41, 5.74) is 5.08. The second kappa shape index (κ2) is 10.00. The minimum Gasteiger partial charge on any atom is -0.312 e. The lowest BCUT2D eigenvalue weighted by Crippen LogP contribution is -2.35. The average molecular weight is 509 g/mol. The Bertz CT molecular complexity index is 1420. The SMILES string of the molecule is O=C(CCCCN1CCC(F)CC1)c1ccc2c(c1)sc1nc(-c3cc4c(cc3F)CNCC4)cn12. The van der Waals surface area contributed by atoms with Gasteiger partial charge >= 0.3 is 0 Å². The molecule has 2 aliphatic heterocycles. The molecular weight excluding hydrogens is 478 g/mol. The predicted octanol–water partition coefficient (Wildman–Crippen LogP) is 5.79. The molecule has 4 aromatic rings. The number of ketones is 1. The molecule has 0 saturated carbocycles. The molecule has 0 amide bonds. The van der Waals surface area contributed by atoms with Crippen LogP contribution in [0, 0.1) is 5.82 Å². The Morgan fingerprint density at radius 3 is 2.86 bits per heavy atom. The molecule has 0 spiro atoms. The number of hydrogen-bond donors (Lipinski definition) is 1. The van der Waals surface area contributed by atoms with Gasteiger partial charge in [0, 0.05) is 43.4 Å². The first-order chi connectivity index (χ1) is 17.5. The number of aromatic nitrogens is 2. The van der Waals surface area contributed by atoms with Crippen LogP contribution in [0.5, 0.6) is 0 Å². The van der Waals surface area contributed by atoms with Crippen LogP contribution < -0.4 is 5.32 Å². The zero-order valence-corrected chi connectivity index (χ0v) is 21.1. The number of thiazole rings is 1. The van der Waals surface area contributed by atoms with E-state index in [1.807, 2.05) is 34.9 Å². The Balaban J connectivity index is 1.14. The van der Waals surface area contributed by atoms with Crippen molar-refractivity contribution in [2.24, 2.45) is 0 Å². The van der Waals surface area contributed by atoms with Gasteiger partial charge in [-0.15, -0.1) is 0 Å². The number of likely N-dealkylation sites (tertiary alicyclic amines) is 1. The highest BCUT2D eigenvalue weighted by atomic mass is 32.1. The number of nitrogens with one attached hydrogen (secondary N) is 1. The van der Waals surface area contributed by atoms with Crippen molar-refractivity contribution in [1.29, 1.82) is 0 Å². The summed E-state index contributed by atoms with van der Waals surface area (Å²) in [5, 5.41) is 3.28. The summed E-state index contributed by atoms with van der Waals surface area (Å²) >= 11 is 1.52. The summed E-state index contributed by atoms with van der Waals surface area (Å²) in [6, 6.07) is 9.38. The van der Waals surface area contributed by atoms with Crippen LogP contribution in [0.25, 0.3) is 26.4 Å². The molecule has 0 radical (unpaired) electrons. The van der Waals surface area contributed by atoms with Crippen molar-refractivity contribution < 1.29 is 13.6 Å². The van der Waals surface area contributed by atoms with Gasteiger partial charge in [0.2, 0.25) is 0 Å². The van der Waals surface area contributed by atoms with E-state index in [0.717, 1.165) is 71.7 Å². The van der Waals surface area contributed by atoms with Gasteiger partial charge < -0.3 is 10.2 Å². The largest absolute Gasteiger partial charge is 0.312 e. The van der Waals surface area contributed by atoms with Crippen LogP contribution in [-0.2, 0) is 13.0 Å². The first-order valence-electron chi connectivity index (χ1n) is 12.9. The highest BCUT2D eigenvalue weighted by molar-refractivity contribution is 7.23. The zero-order valence-electron chi connectivity index (χ0n) is 20.2. The van der Waals surface area contributed by atoms with Gasteiger partial charge in [0.15, 0.2) is 10.7 Å². The fraction of sp³-hybridized carbons (Fsp3) is 0.429. The lowest BCUT2D eigenvalue weighted by Gasteiger charge is -2.28. The fourth-order valence-electron chi connectivity index (χ4n) is 5.39. The van der Waals surface area contributed by atoms with Gasteiger partial charge in [0.25, 0.3) is 0 Å². The molecule has 1 saturated heterocycles. The van der Waals surface area contributed by atoms with Crippen molar-refractivity contribution in [3.8, 4) is 11.3 Å². The van der Waals surface area contributed by atoms with E-state index in [1.54, 1.807) is 6.07 Å². The van der Waals surface area contributed by atoms with Crippen molar-refractivity contribution in [2.75, 3.05) is 26.2 Å². The Kier molecular flexibility index (Phi) is 6.58. The van der Waals surface area contributed by atoms with Crippen LogP contribution in [-0.4, -0.2) is 52.4 Å². The van der Waals surface area contributed by atoms with Gasteiger partial charge in [0.1, 0.15) is 12.0 Å².